The van der Waals surface area contributed by atoms with Crippen molar-refractivity contribution in [1.82, 2.24) is 0 Å². The maximum Gasteiger partial charge on any atom is 0.271 e. The van der Waals surface area contributed by atoms with Gasteiger partial charge >= 0.3 is 0 Å². The third-order valence-corrected chi connectivity index (χ3v) is 4.21. The first-order valence-corrected chi connectivity index (χ1v) is 8.40. The van der Waals surface area contributed by atoms with Gasteiger partial charge in [0.25, 0.3) is 5.69 Å². The number of carbonyl (C=O) groups excluding carboxylic acids is 1. The predicted molar refractivity (Wildman–Crippen MR) is 105 cm³/mol. The van der Waals surface area contributed by atoms with E-state index in [1.165, 1.54) is 30.4 Å². The first-order chi connectivity index (χ1) is 12.9. The van der Waals surface area contributed by atoms with Crippen molar-refractivity contribution in [2.75, 3.05) is 5.32 Å². The van der Waals surface area contributed by atoms with Gasteiger partial charge in [0.2, 0.25) is 5.91 Å². The molecule has 3 aromatic rings. The highest BCUT2D eigenvalue weighted by Gasteiger charge is 2.08. The van der Waals surface area contributed by atoms with Gasteiger partial charge in [0.05, 0.1) is 4.92 Å². The van der Waals surface area contributed by atoms with Gasteiger partial charge in [-0.2, -0.15) is 0 Å². The molecule has 0 spiro atoms. The fourth-order valence-corrected chi connectivity index (χ4v) is 2.56. The zero-order valence-corrected chi connectivity index (χ0v) is 15.1. The first-order valence-electron chi connectivity index (χ1n) is 8.02. The molecule has 2 aromatic carbocycles. The van der Waals surface area contributed by atoms with E-state index in [9.17, 15) is 14.9 Å². The summed E-state index contributed by atoms with van der Waals surface area (Å²) in [5.41, 5.74) is 2.06. The Morgan fingerprint density at radius 2 is 2.00 bits per heavy atom. The third-order valence-electron chi connectivity index (χ3n) is 3.81. The number of halogens is 1. The van der Waals surface area contributed by atoms with Gasteiger partial charge < -0.3 is 9.73 Å². The molecule has 1 heterocycles. The number of nitrogens with zero attached hydrogens (tertiary/aromatic N) is 1. The van der Waals surface area contributed by atoms with Crippen LogP contribution in [0.1, 0.15) is 11.3 Å². The van der Waals surface area contributed by atoms with E-state index in [1.807, 2.05) is 25.1 Å². The van der Waals surface area contributed by atoms with Gasteiger partial charge in [-0.1, -0.05) is 29.8 Å². The van der Waals surface area contributed by atoms with Gasteiger partial charge in [0.15, 0.2) is 0 Å². The molecule has 6 nitrogen and oxygen atoms in total. The molecule has 0 fully saturated rings. The van der Waals surface area contributed by atoms with Gasteiger partial charge in [-0.25, -0.2) is 0 Å². The van der Waals surface area contributed by atoms with Crippen LogP contribution in [0.4, 0.5) is 11.4 Å². The van der Waals surface area contributed by atoms with Crippen LogP contribution in [0.25, 0.3) is 17.4 Å². The van der Waals surface area contributed by atoms with Crippen LogP contribution in [-0.4, -0.2) is 10.8 Å². The third kappa shape index (κ3) is 4.62. The number of hydrogen-bond acceptors (Lipinski definition) is 4. The lowest BCUT2D eigenvalue weighted by Crippen LogP contribution is -2.07. The first kappa shape index (κ1) is 18.4. The Balaban J connectivity index is 1.68. The highest BCUT2D eigenvalue weighted by Crippen LogP contribution is 2.27. The smallest absolute Gasteiger partial charge is 0.271 e. The standard InChI is InChI=1S/C20H15ClN2O4/c1-13-5-6-14(11-18(13)21)19-9-7-17(27-19)8-10-20(24)22-15-3-2-4-16(12-15)23(25)26/h2-12H,1H3,(H,22,24)/b10-8+. The summed E-state index contributed by atoms with van der Waals surface area (Å²) in [7, 11) is 0. The van der Waals surface area contributed by atoms with E-state index in [0.29, 0.717) is 22.2 Å². The molecule has 27 heavy (non-hydrogen) atoms. The van der Waals surface area contributed by atoms with Crippen LogP contribution in [0.3, 0.4) is 0 Å². The molecule has 0 saturated carbocycles. The Morgan fingerprint density at radius 1 is 1.19 bits per heavy atom. The minimum Gasteiger partial charge on any atom is -0.457 e. The number of nitrogens with one attached hydrogen (secondary N) is 1. The number of non-ortho nitro benzene ring substituents is 1. The van der Waals surface area contributed by atoms with E-state index in [1.54, 1.807) is 18.2 Å². The van der Waals surface area contributed by atoms with Crippen LogP contribution in [0, 0.1) is 17.0 Å². The Bertz CT molecular complexity index is 1040. The monoisotopic (exact) mass is 382 g/mol. The highest BCUT2D eigenvalue weighted by molar-refractivity contribution is 6.31. The van der Waals surface area contributed by atoms with E-state index in [4.69, 9.17) is 16.0 Å². The largest absolute Gasteiger partial charge is 0.457 e. The van der Waals surface area contributed by atoms with Crippen molar-refractivity contribution in [2.24, 2.45) is 0 Å². The number of hydrogen-bond donors (Lipinski definition) is 1. The molecule has 0 saturated heterocycles. The number of nitro groups is 1. The van der Waals surface area contributed by atoms with E-state index in [-0.39, 0.29) is 5.69 Å². The highest BCUT2D eigenvalue weighted by atomic mass is 35.5. The number of carbonyl (C=O) groups is 1. The zero-order chi connectivity index (χ0) is 19.4. The Hall–Kier alpha value is -3.38. The summed E-state index contributed by atoms with van der Waals surface area (Å²) in [6.07, 6.45) is 2.82. The molecule has 0 aliphatic heterocycles. The average molecular weight is 383 g/mol. The zero-order valence-electron chi connectivity index (χ0n) is 14.3. The average Bonchev–Trinajstić information content (AvgIpc) is 3.11. The van der Waals surface area contributed by atoms with Gasteiger partial charge in [0.1, 0.15) is 11.5 Å². The van der Waals surface area contributed by atoms with Crippen molar-refractivity contribution in [3.05, 3.63) is 87.1 Å². The Morgan fingerprint density at radius 3 is 2.74 bits per heavy atom. The summed E-state index contributed by atoms with van der Waals surface area (Å²) in [5.74, 6) is 0.707. The molecule has 1 N–H and O–H groups in total. The normalized spacial score (nSPS) is 10.9. The van der Waals surface area contributed by atoms with Crippen LogP contribution in [0.15, 0.2) is 65.1 Å². The van der Waals surface area contributed by atoms with E-state index in [0.717, 1.165) is 11.1 Å². The summed E-state index contributed by atoms with van der Waals surface area (Å²) in [6.45, 7) is 1.92. The van der Waals surface area contributed by atoms with Crippen molar-refractivity contribution in [1.29, 1.82) is 0 Å². The predicted octanol–water partition coefficient (Wildman–Crippen LogP) is 5.47. The molecule has 1 amide bonds. The van der Waals surface area contributed by atoms with Gasteiger partial charge in [-0.05, 0) is 42.8 Å². The van der Waals surface area contributed by atoms with Crippen LogP contribution in [0.5, 0.6) is 0 Å². The summed E-state index contributed by atoms with van der Waals surface area (Å²) in [5, 5.41) is 14.0. The van der Waals surface area contributed by atoms with E-state index >= 15 is 0 Å². The quantitative estimate of drug-likeness (QED) is 0.360. The molecule has 0 aliphatic carbocycles. The number of amides is 1. The molecule has 7 heteroatoms. The molecule has 0 radical (unpaired) electrons. The number of aryl methyl sites for hydroxylation is 1. The minimum absolute atomic E-state index is 0.0933. The Kier molecular flexibility index (Phi) is 5.38. The second-order valence-corrected chi connectivity index (χ2v) is 6.20. The maximum absolute atomic E-state index is 12.0. The summed E-state index contributed by atoms with van der Waals surface area (Å²) in [4.78, 5) is 22.2. The Labute approximate surface area is 160 Å². The van der Waals surface area contributed by atoms with E-state index < -0.39 is 10.8 Å². The molecule has 0 bridgehead atoms. The van der Waals surface area contributed by atoms with Gasteiger partial charge in [-0.15, -0.1) is 0 Å². The maximum atomic E-state index is 12.0. The fourth-order valence-electron chi connectivity index (χ4n) is 2.38. The molecular formula is C20H15ClN2O4. The van der Waals surface area contributed by atoms with Crippen LogP contribution in [0.2, 0.25) is 5.02 Å². The molecular weight excluding hydrogens is 368 g/mol. The second kappa shape index (κ2) is 7.88. The lowest BCUT2D eigenvalue weighted by Gasteiger charge is -2.01. The van der Waals surface area contributed by atoms with E-state index in [2.05, 4.69) is 5.32 Å². The fraction of sp³-hybridized carbons (Fsp3) is 0.0500. The number of benzene rings is 2. The van der Waals surface area contributed by atoms with Crippen molar-refractivity contribution in [3.63, 3.8) is 0 Å². The number of anilines is 1. The molecule has 3 rings (SSSR count). The molecule has 136 valence electrons. The van der Waals surface area contributed by atoms with Crippen LogP contribution >= 0.6 is 11.6 Å². The van der Waals surface area contributed by atoms with Gasteiger partial charge in [-0.3, -0.25) is 14.9 Å². The summed E-state index contributed by atoms with van der Waals surface area (Å²) in [6, 6.07) is 14.9. The lowest BCUT2D eigenvalue weighted by atomic mass is 10.1. The lowest BCUT2D eigenvalue weighted by molar-refractivity contribution is -0.384. The van der Waals surface area contributed by atoms with Gasteiger partial charge in [0, 0.05) is 34.5 Å². The minimum atomic E-state index is -0.521. The SMILES string of the molecule is Cc1ccc(-c2ccc(/C=C/C(=O)Nc3cccc([N+](=O)[O-])c3)o2)cc1Cl. The molecule has 0 unspecified atom stereocenters. The molecule has 0 atom stereocenters. The summed E-state index contributed by atoms with van der Waals surface area (Å²) >= 11 is 6.13. The van der Waals surface area contributed by atoms with Crippen molar-refractivity contribution in [2.45, 2.75) is 6.92 Å². The second-order valence-electron chi connectivity index (χ2n) is 5.80. The van der Waals surface area contributed by atoms with Crippen molar-refractivity contribution >= 4 is 35.0 Å². The molecule has 0 aliphatic rings. The topological polar surface area (TPSA) is 85.4 Å². The number of rotatable bonds is 5. The van der Waals surface area contributed by atoms with Crippen molar-refractivity contribution in [3.8, 4) is 11.3 Å². The van der Waals surface area contributed by atoms with Crippen LogP contribution < -0.4 is 5.32 Å². The van der Waals surface area contributed by atoms with Crippen LogP contribution in [-0.2, 0) is 4.79 Å². The summed E-state index contributed by atoms with van der Waals surface area (Å²) < 4.78 is 5.70. The number of nitro benzene ring substituents is 1. The molecule has 1 aromatic heterocycles. The van der Waals surface area contributed by atoms with Crippen molar-refractivity contribution < 1.29 is 14.1 Å². The number of furan rings is 1.